The second-order valence-corrected chi connectivity index (χ2v) is 6.28. The third-order valence-corrected chi connectivity index (χ3v) is 4.63. The van der Waals surface area contributed by atoms with Crippen LogP contribution in [-0.4, -0.2) is 27.9 Å². The summed E-state index contributed by atoms with van der Waals surface area (Å²) in [5, 5.41) is 12.0. The van der Waals surface area contributed by atoms with Crippen molar-refractivity contribution in [2.24, 2.45) is 7.05 Å². The van der Waals surface area contributed by atoms with Gasteiger partial charge in [-0.15, -0.1) is 10.2 Å². The van der Waals surface area contributed by atoms with Crippen LogP contribution in [0.15, 0.2) is 18.2 Å². The predicted octanol–water partition coefficient (Wildman–Crippen LogP) is 1.96. The highest BCUT2D eigenvalue weighted by Gasteiger charge is 2.29. The van der Waals surface area contributed by atoms with Crippen molar-refractivity contribution in [1.29, 1.82) is 0 Å². The lowest BCUT2D eigenvalue weighted by atomic mass is 10.0. The molecular formula is C17H22N4O. The van der Waals surface area contributed by atoms with E-state index in [-0.39, 0.29) is 0 Å². The molecule has 1 aromatic heterocycles. The molecule has 0 amide bonds. The van der Waals surface area contributed by atoms with Gasteiger partial charge in [-0.2, -0.15) is 0 Å². The van der Waals surface area contributed by atoms with Crippen molar-refractivity contribution in [3.63, 3.8) is 0 Å². The number of nitrogens with zero attached hydrogens (tertiary/aromatic N) is 3. The molecule has 2 aromatic rings. The fourth-order valence-corrected chi connectivity index (χ4v) is 3.09. The number of ether oxygens (including phenoxy) is 1. The molecule has 4 rings (SSSR count). The number of nitrogens with one attached hydrogen (secondary N) is 1. The van der Waals surface area contributed by atoms with E-state index in [0.717, 1.165) is 43.3 Å². The molecule has 0 atom stereocenters. The molecule has 5 heteroatoms. The first kappa shape index (κ1) is 13.8. The van der Waals surface area contributed by atoms with Gasteiger partial charge in [0.15, 0.2) is 5.82 Å². The molecule has 0 radical (unpaired) electrons. The number of benzene rings is 1. The Bertz CT molecular complexity index is 675. The summed E-state index contributed by atoms with van der Waals surface area (Å²) in [7, 11) is 2.04. The molecule has 1 aromatic carbocycles. The Kier molecular flexibility index (Phi) is 3.58. The number of hydrogen-bond donors (Lipinski definition) is 1. The second kappa shape index (κ2) is 5.72. The van der Waals surface area contributed by atoms with Crippen LogP contribution in [0.4, 0.5) is 0 Å². The molecule has 0 unspecified atom stereocenters. The maximum Gasteiger partial charge on any atom is 0.170 e. The maximum atomic E-state index is 5.95. The van der Waals surface area contributed by atoms with E-state index < -0.39 is 0 Å². The summed E-state index contributed by atoms with van der Waals surface area (Å²) >= 11 is 0. The molecule has 1 aliphatic carbocycles. The van der Waals surface area contributed by atoms with Crippen molar-refractivity contribution >= 4 is 0 Å². The van der Waals surface area contributed by atoms with Crippen LogP contribution in [0.25, 0.3) is 0 Å². The number of hydrogen-bond acceptors (Lipinski definition) is 4. The molecule has 2 heterocycles. The summed E-state index contributed by atoms with van der Waals surface area (Å²) in [6.07, 6.45) is 4.66. The molecule has 22 heavy (non-hydrogen) atoms. The van der Waals surface area contributed by atoms with E-state index in [1.54, 1.807) is 0 Å². The van der Waals surface area contributed by atoms with Gasteiger partial charge in [-0.1, -0.05) is 6.07 Å². The minimum atomic E-state index is 0.479. The molecule has 1 fully saturated rings. The third kappa shape index (κ3) is 2.73. The first-order valence-electron chi connectivity index (χ1n) is 8.15. The third-order valence-electron chi connectivity index (χ3n) is 4.63. The van der Waals surface area contributed by atoms with Gasteiger partial charge in [0.25, 0.3) is 0 Å². The summed E-state index contributed by atoms with van der Waals surface area (Å²) in [5.41, 5.74) is 2.84. The Labute approximate surface area is 130 Å². The van der Waals surface area contributed by atoms with Gasteiger partial charge in [0.2, 0.25) is 0 Å². The molecular weight excluding hydrogens is 276 g/mol. The summed E-state index contributed by atoms with van der Waals surface area (Å²) < 4.78 is 8.04. The Morgan fingerprint density at radius 3 is 2.82 bits per heavy atom. The average Bonchev–Trinajstić information content (AvgIpc) is 3.33. The lowest BCUT2D eigenvalue weighted by Crippen LogP contribution is -2.16. The van der Waals surface area contributed by atoms with Crippen LogP contribution in [0.2, 0.25) is 0 Å². The first-order valence-corrected chi connectivity index (χ1v) is 8.15. The number of rotatable bonds is 4. The van der Waals surface area contributed by atoms with E-state index in [9.17, 15) is 0 Å². The van der Waals surface area contributed by atoms with Gasteiger partial charge in [0.05, 0.1) is 0 Å². The Morgan fingerprint density at radius 2 is 2.00 bits per heavy atom. The lowest BCUT2D eigenvalue weighted by molar-refractivity contribution is 0.290. The molecule has 1 aliphatic heterocycles. The number of aromatic nitrogens is 3. The molecule has 2 aliphatic rings. The quantitative estimate of drug-likeness (QED) is 0.937. The van der Waals surface area contributed by atoms with E-state index in [1.165, 1.54) is 24.0 Å². The first-order chi connectivity index (χ1) is 10.8. The minimum Gasteiger partial charge on any atom is -0.486 e. The van der Waals surface area contributed by atoms with Crippen molar-refractivity contribution in [3.8, 4) is 5.75 Å². The lowest BCUT2D eigenvalue weighted by Gasteiger charge is -2.10. The van der Waals surface area contributed by atoms with Crippen molar-refractivity contribution in [2.75, 3.05) is 13.1 Å². The van der Waals surface area contributed by atoms with E-state index >= 15 is 0 Å². The Hall–Kier alpha value is -1.88. The van der Waals surface area contributed by atoms with Gasteiger partial charge in [0, 0.05) is 13.0 Å². The van der Waals surface area contributed by atoms with Crippen LogP contribution < -0.4 is 10.1 Å². The van der Waals surface area contributed by atoms with Crippen LogP contribution >= 0.6 is 0 Å². The summed E-state index contributed by atoms with van der Waals surface area (Å²) in [6, 6.07) is 6.45. The Morgan fingerprint density at radius 1 is 1.18 bits per heavy atom. The molecule has 5 nitrogen and oxygen atoms in total. The van der Waals surface area contributed by atoms with E-state index in [1.807, 2.05) is 7.05 Å². The monoisotopic (exact) mass is 298 g/mol. The zero-order chi connectivity index (χ0) is 14.9. The van der Waals surface area contributed by atoms with Gasteiger partial charge in [-0.05, 0) is 62.0 Å². The molecule has 0 spiro atoms. The van der Waals surface area contributed by atoms with Crippen molar-refractivity contribution in [3.05, 3.63) is 41.0 Å². The average molecular weight is 298 g/mol. The van der Waals surface area contributed by atoms with Crippen molar-refractivity contribution in [1.82, 2.24) is 20.1 Å². The summed E-state index contributed by atoms with van der Waals surface area (Å²) in [4.78, 5) is 0. The minimum absolute atomic E-state index is 0.479. The summed E-state index contributed by atoms with van der Waals surface area (Å²) in [6.45, 7) is 2.59. The molecule has 116 valence electrons. The van der Waals surface area contributed by atoms with Gasteiger partial charge in [-0.3, -0.25) is 0 Å². The van der Waals surface area contributed by atoms with Crippen molar-refractivity contribution in [2.45, 2.75) is 38.2 Å². The topological polar surface area (TPSA) is 52.0 Å². The SMILES string of the molecule is Cn1c(COc2ccc3c(c2)CCNCC3)nnc1C1CC1. The van der Waals surface area contributed by atoms with Crippen LogP contribution in [0, 0.1) is 0 Å². The molecule has 1 saturated carbocycles. The number of fused-ring (bicyclic) bond motifs is 1. The second-order valence-electron chi connectivity index (χ2n) is 6.28. The summed E-state index contributed by atoms with van der Waals surface area (Å²) in [5.74, 6) is 3.55. The largest absolute Gasteiger partial charge is 0.486 e. The zero-order valence-corrected chi connectivity index (χ0v) is 13.0. The van der Waals surface area contributed by atoms with Crippen LogP contribution in [0.5, 0.6) is 5.75 Å². The van der Waals surface area contributed by atoms with Crippen LogP contribution in [0.1, 0.15) is 41.5 Å². The molecule has 0 bridgehead atoms. The van der Waals surface area contributed by atoms with E-state index in [0.29, 0.717) is 12.5 Å². The fraction of sp³-hybridized carbons (Fsp3) is 0.529. The highest BCUT2D eigenvalue weighted by atomic mass is 16.5. The standard InChI is InChI=1S/C17H22N4O/c1-21-16(19-20-17(21)13-2-3-13)11-22-15-5-4-12-6-8-18-9-7-14(12)10-15/h4-5,10,13,18H,2-3,6-9,11H2,1H3. The zero-order valence-electron chi connectivity index (χ0n) is 13.0. The molecule has 1 N–H and O–H groups in total. The highest BCUT2D eigenvalue weighted by Crippen LogP contribution is 2.38. The van der Waals surface area contributed by atoms with Crippen molar-refractivity contribution < 1.29 is 4.74 Å². The van der Waals surface area contributed by atoms with E-state index in [4.69, 9.17) is 4.74 Å². The predicted molar refractivity (Wildman–Crippen MR) is 84.0 cm³/mol. The normalized spacial score (nSPS) is 17.9. The van der Waals surface area contributed by atoms with E-state index in [2.05, 4.69) is 38.3 Å². The van der Waals surface area contributed by atoms with Gasteiger partial charge < -0.3 is 14.6 Å². The molecule has 0 saturated heterocycles. The Balaban J connectivity index is 1.46. The van der Waals surface area contributed by atoms with Crippen LogP contribution in [0.3, 0.4) is 0 Å². The van der Waals surface area contributed by atoms with Gasteiger partial charge in [0.1, 0.15) is 18.2 Å². The van der Waals surface area contributed by atoms with Gasteiger partial charge >= 0.3 is 0 Å². The van der Waals surface area contributed by atoms with Gasteiger partial charge in [-0.25, -0.2) is 0 Å². The maximum absolute atomic E-state index is 5.95. The van der Waals surface area contributed by atoms with Crippen LogP contribution in [-0.2, 0) is 26.5 Å². The highest BCUT2D eigenvalue weighted by molar-refractivity contribution is 5.36. The fourth-order valence-electron chi connectivity index (χ4n) is 3.09. The smallest absolute Gasteiger partial charge is 0.170 e.